The van der Waals surface area contributed by atoms with E-state index in [0.717, 1.165) is 25.2 Å². The molecule has 1 aliphatic heterocycles. The lowest BCUT2D eigenvalue weighted by molar-refractivity contribution is -0.115. The van der Waals surface area contributed by atoms with Crippen LogP contribution in [-0.4, -0.2) is 59.9 Å². The minimum Gasteiger partial charge on any atom is -0.326 e. The number of anilines is 2. The standard InChI is InChI=1S/C17H19F2N5O2S/c1-23-4-6-24(7-5-23)17(26)22-16-21-12(10-27-16)9-15(25)20-11-2-3-13(18)14(19)8-11/h2-3,8,10H,4-7,9H2,1H3,(H,20,25)(H,21,22,26). The molecule has 1 aliphatic rings. The van der Waals surface area contributed by atoms with Crippen molar-refractivity contribution in [1.29, 1.82) is 0 Å². The van der Waals surface area contributed by atoms with Gasteiger partial charge >= 0.3 is 6.03 Å². The van der Waals surface area contributed by atoms with Gasteiger partial charge in [0, 0.05) is 43.3 Å². The Bertz CT molecular complexity index is 836. The summed E-state index contributed by atoms with van der Waals surface area (Å²) in [5.41, 5.74) is 0.645. The zero-order valence-electron chi connectivity index (χ0n) is 14.7. The van der Waals surface area contributed by atoms with E-state index in [2.05, 4.69) is 20.5 Å². The first kappa shape index (κ1) is 19.2. The normalized spacial score (nSPS) is 14.9. The number of halogens is 2. The molecule has 1 aromatic heterocycles. The fourth-order valence-corrected chi connectivity index (χ4v) is 3.27. The number of nitrogens with zero attached hydrogens (tertiary/aromatic N) is 3. The zero-order chi connectivity index (χ0) is 19.4. The molecule has 7 nitrogen and oxygen atoms in total. The number of likely N-dealkylation sites (N-methyl/N-ethyl adjacent to an activating group) is 1. The summed E-state index contributed by atoms with van der Waals surface area (Å²) in [6.45, 7) is 2.94. The number of rotatable bonds is 4. The predicted molar refractivity (Wildman–Crippen MR) is 98.9 cm³/mol. The molecule has 2 heterocycles. The molecule has 3 rings (SSSR count). The van der Waals surface area contributed by atoms with Gasteiger partial charge in [-0.3, -0.25) is 10.1 Å². The number of urea groups is 1. The van der Waals surface area contributed by atoms with Crippen molar-refractivity contribution in [3.8, 4) is 0 Å². The lowest BCUT2D eigenvalue weighted by Crippen LogP contribution is -2.48. The second-order valence-electron chi connectivity index (χ2n) is 6.22. The van der Waals surface area contributed by atoms with E-state index < -0.39 is 17.5 Å². The van der Waals surface area contributed by atoms with Gasteiger partial charge in [0.2, 0.25) is 5.91 Å². The number of carbonyl (C=O) groups is 2. The molecule has 0 spiro atoms. The van der Waals surface area contributed by atoms with E-state index in [1.54, 1.807) is 10.3 Å². The number of thiazole rings is 1. The number of hydrogen-bond acceptors (Lipinski definition) is 5. The van der Waals surface area contributed by atoms with Crippen molar-refractivity contribution in [2.75, 3.05) is 43.9 Å². The van der Waals surface area contributed by atoms with E-state index in [9.17, 15) is 18.4 Å². The number of benzene rings is 1. The van der Waals surface area contributed by atoms with Gasteiger partial charge in [0.1, 0.15) is 0 Å². The lowest BCUT2D eigenvalue weighted by atomic mass is 10.2. The lowest BCUT2D eigenvalue weighted by Gasteiger charge is -2.32. The molecule has 0 aliphatic carbocycles. The highest BCUT2D eigenvalue weighted by Crippen LogP contribution is 2.18. The van der Waals surface area contributed by atoms with Crippen molar-refractivity contribution in [2.24, 2.45) is 0 Å². The number of nitrogens with one attached hydrogen (secondary N) is 2. The van der Waals surface area contributed by atoms with Crippen LogP contribution in [0.25, 0.3) is 0 Å². The SMILES string of the molecule is CN1CCN(C(=O)Nc2nc(CC(=O)Nc3ccc(F)c(F)c3)cs2)CC1. The van der Waals surface area contributed by atoms with Gasteiger partial charge in [-0.25, -0.2) is 18.6 Å². The van der Waals surface area contributed by atoms with Gasteiger partial charge < -0.3 is 15.1 Å². The monoisotopic (exact) mass is 395 g/mol. The van der Waals surface area contributed by atoms with Crippen LogP contribution in [0.2, 0.25) is 0 Å². The van der Waals surface area contributed by atoms with Crippen LogP contribution in [0.15, 0.2) is 23.6 Å². The summed E-state index contributed by atoms with van der Waals surface area (Å²) in [4.78, 5) is 32.3. The molecule has 144 valence electrons. The minimum atomic E-state index is -1.03. The first-order chi connectivity index (χ1) is 12.9. The fourth-order valence-electron chi connectivity index (χ4n) is 2.57. The zero-order valence-corrected chi connectivity index (χ0v) is 15.5. The third-order valence-electron chi connectivity index (χ3n) is 4.10. The Hall–Kier alpha value is -2.59. The molecule has 3 amide bonds. The Labute approximate surface area is 159 Å². The van der Waals surface area contributed by atoms with E-state index in [1.807, 2.05) is 7.05 Å². The molecule has 0 bridgehead atoms. The van der Waals surface area contributed by atoms with Crippen LogP contribution in [-0.2, 0) is 11.2 Å². The summed E-state index contributed by atoms with van der Waals surface area (Å²) >= 11 is 1.23. The molecule has 2 aromatic rings. The maximum atomic E-state index is 13.2. The number of aromatic nitrogens is 1. The van der Waals surface area contributed by atoms with Crippen LogP contribution in [0, 0.1) is 11.6 Å². The number of hydrogen-bond donors (Lipinski definition) is 2. The Kier molecular flexibility index (Phi) is 5.97. The topological polar surface area (TPSA) is 77.6 Å². The van der Waals surface area contributed by atoms with Crippen molar-refractivity contribution >= 4 is 34.1 Å². The number of piperazine rings is 1. The number of amides is 3. The number of carbonyl (C=O) groups excluding carboxylic acids is 2. The van der Waals surface area contributed by atoms with Crippen LogP contribution < -0.4 is 10.6 Å². The second-order valence-corrected chi connectivity index (χ2v) is 7.08. The van der Waals surface area contributed by atoms with Gasteiger partial charge in [0.25, 0.3) is 0 Å². The highest BCUT2D eigenvalue weighted by Gasteiger charge is 2.20. The average Bonchev–Trinajstić information content (AvgIpc) is 3.05. The van der Waals surface area contributed by atoms with Gasteiger partial charge in [-0.2, -0.15) is 0 Å². The van der Waals surface area contributed by atoms with Crippen LogP contribution in [0.4, 0.5) is 24.4 Å². The molecule has 1 fully saturated rings. The van der Waals surface area contributed by atoms with Crippen LogP contribution in [0.5, 0.6) is 0 Å². The summed E-state index contributed by atoms with van der Waals surface area (Å²) in [7, 11) is 2.01. The van der Waals surface area contributed by atoms with Gasteiger partial charge in [0.05, 0.1) is 12.1 Å². The molecular weight excluding hydrogens is 376 g/mol. The van der Waals surface area contributed by atoms with E-state index in [1.165, 1.54) is 17.4 Å². The van der Waals surface area contributed by atoms with Gasteiger partial charge in [-0.05, 0) is 19.2 Å². The van der Waals surface area contributed by atoms with Crippen molar-refractivity contribution in [1.82, 2.24) is 14.8 Å². The summed E-state index contributed by atoms with van der Waals surface area (Å²) in [6.07, 6.45) is -0.0418. The van der Waals surface area contributed by atoms with Gasteiger partial charge in [-0.1, -0.05) is 0 Å². The second kappa shape index (κ2) is 8.40. The van der Waals surface area contributed by atoms with E-state index in [-0.39, 0.29) is 18.1 Å². The third-order valence-corrected chi connectivity index (χ3v) is 4.91. The van der Waals surface area contributed by atoms with Gasteiger partial charge in [-0.15, -0.1) is 11.3 Å². The Morgan fingerprint density at radius 2 is 1.89 bits per heavy atom. The van der Waals surface area contributed by atoms with E-state index in [4.69, 9.17) is 0 Å². The Morgan fingerprint density at radius 3 is 2.59 bits per heavy atom. The van der Waals surface area contributed by atoms with Gasteiger partial charge in [0.15, 0.2) is 16.8 Å². The first-order valence-corrected chi connectivity index (χ1v) is 9.22. The minimum absolute atomic E-state index is 0.0418. The summed E-state index contributed by atoms with van der Waals surface area (Å²) in [5.74, 6) is -2.42. The molecule has 1 saturated heterocycles. The smallest absolute Gasteiger partial charge is 0.323 e. The summed E-state index contributed by atoms with van der Waals surface area (Å²) in [6, 6.07) is 2.92. The predicted octanol–water partition coefficient (Wildman–Crippen LogP) is 2.38. The molecular formula is C17H19F2N5O2S. The molecule has 2 N–H and O–H groups in total. The van der Waals surface area contributed by atoms with Crippen molar-refractivity contribution in [3.05, 3.63) is 40.9 Å². The first-order valence-electron chi connectivity index (χ1n) is 8.34. The van der Waals surface area contributed by atoms with Crippen LogP contribution in [0.3, 0.4) is 0 Å². The highest BCUT2D eigenvalue weighted by atomic mass is 32.1. The maximum absolute atomic E-state index is 13.2. The Balaban J connectivity index is 1.52. The van der Waals surface area contributed by atoms with Crippen molar-refractivity contribution in [3.63, 3.8) is 0 Å². The summed E-state index contributed by atoms with van der Waals surface area (Å²) < 4.78 is 26.1. The Morgan fingerprint density at radius 1 is 1.15 bits per heavy atom. The van der Waals surface area contributed by atoms with E-state index in [0.29, 0.717) is 23.9 Å². The van der Waals surface area contributed by atoms with Crippen molar-refractivity contribution in [2.45, 2.75) is 6.42 Å². The summed E-state index contributed by atoms with van der Waals surface area (Å²) in [5, 5.41) is 7.30. The highest BCUT2D eigenvalue weighted by molar-refractivity contribution is 7.13. The molecule has 1 aromatic carbocycles. The van der Waals surface area contributed by atoms with Crippen molar-refractivity contribution < 1.29 is 18.4 Å². The third kappa shape index (κ3) is 5.20. The maximum Gasteiger partial charge on any atom is 0.323 e. The molecule has 0 saturated carbocycles. The average molecular weight is 395 g/mol. The van der Waals surface area contributed by atoms with E-state index >= 15 is 0 Å². The fraction of sp³-hybridized carbons (Fsp3) is 0.353. The molecule has 27 heavy (non-hydrogen) atoms. The van der Waals surface area contributed by atoms with Crippen LogP contribution >= 0.6 is 11.3 Å². The molecule has 10 heteroatoms. The molecule has 0 radical (unpaired) electrons. The quantitative estimate of drug-likeness (QED) is 0.833. The molecule has 0 unspecified atom stereocenters. The molecule has 0 atom stereocenters. The van der Waals surface area contributed by atoms with Crippen LogP contribution in [0.1, 0.15) is 5.69 Å². The largest absolute Gasteiger partial charge is 0.326 e.